The molecule has 12 nitrogen and oxygen atoms in total. The zero-order chi connectivity index (χ0) is 35.9. The van der Waals surface area contributed by atoms with Gasteiger partial charge in [0.1, 0.15) is 0 Å². The van der Waals surface area contributed by atoms with Gasteiger partial charge in [-0.05, 0) is 84.6 Å². The number of nitrogens with one attached hydrogen (secondary N) is 4. The molecule has 0 aliphatic rings. The molecular formula is C38H32Cl2N10O2. The number of hydrogen-bond acceptors (Lipinski definition) is 6. The molecule has 0 aliphatic heterocycles. The van der Waals surface area contributed by atoms with Crippen LogP contribution in [0.1, 0.15) is 32.1 Å². The van der Waals surface area contributed by atoms with Crippen molar-refractivity contribution in [2.24, 2.45) is 0 Å². The lowest BCUT2D eigenvalue weighted by atomic mass is 10.1. The number of para-hydroxylation sites is 2. The van der Waals surface area contributed by atoms with Crippen molar-refractivity contribution in [3.8, 4) is 11.4 Å². The average Bonchev–Trinajstić information content (AvgIpc) is 4.00. The summed E-state index contributed by atoms with van der Waals surface area (Å²) in [6.45, 7) is 0.993. The van der Waals surface area contributed by atoms with Gasteiger partial charge in [0.15, 0.2) is 11.4 Å². The molecule has 52 heavy (non-hydrogen) atoms. The second-order valence-corrected chi connectivity index (χ2v) is 12.7. The molecule has 0 atom stereocenters. The van der Waals surface area contributed by atoms with E-state index in [2.05, 4.69) is 41.2 Å². The maximum absolute atomic E-state index is 12.3. The lowest BCUT2D eigenvalue weighted by Crippen LogP contribution is -2.26. The molecule has 0 fully saturated rings. The first-order chi connectivity index (χ1) is 25.4. The molecule has 4 aromatic heterocycles. The third-order valence-corrected chi connectivity index (χ3v) is 8.78. The monoisotopic (exact) mass is 730 g/mol. The summed E-state index contributed by atoms with van der Waals surface area (Å²) in [7, 11) is 0. The smallest absolute Gasteiger partial charge is 0.273 e. The van der Waals surface area contributed by atoms with Crippen LogP contribution < -0.4 is 10.6 Å². The lowest BCUT2D eigenvalue weighted by Gasteiger charge is -2.02. The van der Waals surface area contributed by atoms with E-state index >= 15 is 0 Å². The number of aromatic nitrogens is 8. The number of aromatic amines is 2. The minimum absolute atomic E-state index is 0.245. The molecule has 4 N–H and O–H groups in total. The Kier molecular flexibility index (Phi) is 10.4. The van der Waals surface area contributed by atoms with Gasteiger partial charge in [0.25, 0.3) is 11.8 Å². The molecule has 2 amide bonds. The number of carbonyl (C=O) groups excluding carboxylic acids is 2. The first-order valence-electron chi connectivity index (χ1n) is 16.4. The van der Waals surface area contributed by atoms with E-state index in [-0.39, 0.29) is 23.2 Å². The molecule has 14 heteroatoms. The van der Waals surface area contributed by atoms with Gasteiger partial charge >= 0.3 is 0 Å². The molecule has 0 saturated carbocycles. The van der Waals surface area contributed by atoms with Crippen LogP contribution in [0.5, 0.6) is 0 Å². The summed E-state index contributed by atoms with van der Waals surface area (Å²) in [5, 5.41) is 25.2. The zero-order valence-corrected chi connectivity index (χ0v) is 29.1. The van der Waals surface area contributed by atoms with Crippen molar-refractivity contribution < 1.29 is 9.59 Å². The standard InChI is InChI=1S/2C19H16ClN5O/c2*20-14-6-7-17-16(10-14)13(11-22-17)8-9-21-19(26)18-12-25(24-23-18)15-4-2-1-3-5-15/h2*1-7,10-12,22H,8-9H2,(H,21,26). The number of hydrogen-bond donors (Lipinski definition) is 4. The fraction of sp³-hybridized carbons (Fsp3) is 0.105. The molecule has 0 aliphatic carbocycles. The van der Waals surface area contributed by atoms with E-state index in [0.29, 0.717) is 36.0 Å². The second-order valence-electron chi connectivity index (χ2n) is 11.8. The van der Waals surface area contributed by atoms with Gasteiger partial charge in [-0.25, -0.2) is 9.36 Å². The molecule has 260 valence electrons. The Morgan fingerprint density at radius 3 is 1.44 bits per heavy atom. The van der Waals surface area contributed by atoms with Gasteiger partial charge in [-0.3, -0.25) is 9.59 Å². The van der Waals surface area contributed by atoms with Crippen LogP contribution >= 0.6 is 23.2 Å². The predicted molar refractivity (Wildman–Crippen MR) is 201 cm³/mol. The lowest BCUT2D eigenvalue weighted by molar-refractivity contribution is 0.0941. The van der Waals surface area contributed by atoms with Crippen molar-refractivity contribution in [2.45, 2.75) is 12.8 Å². The fourth-order valence-electron chi connectivity index (χ4n) is 5.67. The third-order valence-electron chi connectivity index (χ3n) is 8.31. The van der Waals surface area contributed by atoms with Gasteiger partial charge in [-0.15, -0.1) is 10.2 Å². The van der Waals surface area contributed by atoms with Crippen molar-refractivity contribution in [3.63, 3.8) is 0 Å². The summed E-state index contributed by atoms with van der Waals surface area (Å²) >= 11 is 12.1. The first kappa shape index (κ1) is 34.2. The van der Waals surface area contributed by atoms with E-state index in [1.54, 1.807) is 21.8 Å². The van der Waals surface area contributed by atoms with Gasteiger partial charge in [0.05, 0.1) is 23.8 Å². The zero-order valence-electron chi connectivity index (χ0n) is 27.6. The van der Waals surface area contributed by atoms with Crippen LogP contribution in [0, 0.1) is 0 Å². The summed E-state index contributed by atoms with van der Waals surface area (Å²) in [4.78, 5) is 31.0. The van der Waals surface area contributed by atoms with Gasteiger partial charge in [-0.1, -0.05) is 70.0 Å². The minimum Gasteiger partial charge on any atom is -0.361 e. The van der Waals surface area contributed by atoms with Gasteiger partial charge < -0.3 is 20.6 Å². The minimum atomic E-state index is -0.245. The SMILES string of the molecule is O=C(NCCc1c[nH]c2ccc(Cl)cc12)c1cn(-c2ccccc2)nn1.O=C(NCCc1c[nH]c2ccc(Cl)cc12)c1cn(-c2ccccc2)nn1. The molecule has 0 saturated heterocycles. The number of rotatable bonds is 10. The Labute approximate surface area is 307 Å². The maximum Gasteiger partial charge on any atom is 0.273 e. The highest BCUT2D eigenvalue weighted by molar-refractivity contribution is 6.31. The van der Waals surface area contributed by atoms with Crippen molar-refractivity contribution >= 4 is 56.8 Å². The molecule has 0 bridgehead atoms. The number of fused-ring (bicyclic) bond motifs is 2. The van der Waals surface area contributed by atoms with Crippen LogP contribution in [0.3, 0.4) is 0 Å². The maximum atomic E-state index is 12.3. The predicted octanol–water partition coefficient (Wildman–Crippen LogP) is 6.75. The average molecular weight is 732 g/mol. The number of halogens is 2. The summed E-state index contributed by atoms with van der Waals surface area (Å²) in [5.74, 6) is -0.491. The molecule has 8 aromatic rings. The fourth-order valence-corrected chi connectivity index (χ4v) is 6.01. The Hall–Kier alpha value is -6.24. The normalized spacial score (nSPS) is 11.0. The first-order valence-corrected chi connectivity index (χ1v) is 17.2. The summed E-state index contributed by atoms with van der Waals surface area (Å²) < 4.78 is 3.16. The number of amides is 2. The Morgan fingerprint density at radius 2 is 1.02 bits per heavy atom. The van der Waals surface area contributed by atoms with Crippen LogP contribution in [0.4, 0.5) is 0 Å². The molecule has 4 heterocycles. The number of nitrogens with zero attached hydrogens (tertiary/aromatic N) is 6. The highest BCUT2D eigenvalue weighted by Crippen LogP contribution is 2.23. The molecule has 0 spiro atoms. The molecule has 8 rings (SSSR count). The van der Waals surface area contributed by atoms with E-state index in [0.717, 1.165) is 44.3 Å². The Balaban J connectivity index is 0.000000162. The van der Waals surface area contributed by atoms with Crippen molar-refractivity contribution in [3.05, 3.63) is 154 Å². The number of carbonyl (C=O) groups is 2. The van der Waals surface area contributed by atoms with E-state index in [1.165, 1.54) is 0 Å². The van der Waals surface area contributed by atoms with E-state index in [9.17, 15) is 9.59 Å². The highest BCUT2D eigenvalue weighted by Gasteiger charge is 2.13. The van der Waals surface area contributed by atoms with Crippen LogP contribution in [0.25, 0.3) is 33.2 Å². The largest absolute Gasteiger partial charge is 0.361 e. The van der Waals surface area contributed by atoms with Gasteiger partial charge in [-0.2, -0.15) is 0 Å². The van der Waals surface area contributed by atoms with Crippen LogP contribution in [0.15, 0.2) is 122 Å². The van der Waals surface area contributed by atoms with Crippen LogP contribution in [0.2, 0.25) is 10.0 Å². The van der Waals surface area contributed by atoms with Crippen LogP contribution in [-0.4, -0.2) is 64.9 Å². The van der Waals surface area contributed by atoms with E-state index < -0.39 is 0 Å². The second kappa shape index (κ2) is 15.8. The highest BCUT2D eigenvalue weighted by atomic mass is 35.5. The van der Waals surface area contributed by atoms with Crippen molar-refractivity contribution in [1.82, 2.24) is 50.6 Å². The van der Waals surface area contributed by atoms with E-state index in [4.69, 9.17) is 23.2 Å². The molecule has 0 radical (unpaired) electrons. The third kappa shape index (κ3) is 8.04. The Morgan fingerprint density at radius 1 is 0.596 bits per heavy atom. The number of H-pyrrole nitrogens is 2. The topological polar surface area (TPSA) is 151 Å². The molecular weight excluding hydrogens is 699 g/mol. The van der Waals surface area contributed by atoms with Gasteiger partial charge in [0, 0.05) is 57.3 Å². The number of benzene rings is 4. The van der Waals surface area contributed by atoms with Crippen molar-refractivity contribution in [2.75, 3.05) is 13.1 Å². The summed E-state index contributed by atoms with van der Waals surface area (Å²) in [6, 6.07) is 30.5. The van der Waals surface area contributed by atoms with E-state index in [1.807, 2.05) is 109 Å². The van der Waals surface area contributed by atoms with Crippen LogP contribution in [-0.2, 0) is 12.8 Å². The van der Waals surface area contributed by atoms with Crippen molar-refractivity contribution in [1.29, 1.82) is 0 Å². The molecule has 0 unspecified atom stereocenters. The summed E-state index contributed by atoms with van der Waals surface area (Å²) in [6.07, 6.45) is 8.52. The Bertz CT molecular complexity index is 2280. The van der Waals surface area contributed by atoms with Gasteiger partial charge in [0.2, 0.25) is 0 Å². The molecule has 4 aromatic carbocycles. The summed E-state index contributed by atoms with van der Waals surface area (Å²) in [5.41, 5.74) is 6.56. The quantitative estimate of drug-likeness (QED) is 0.122.